The van der Waals surface area contributed by atoms with Crippen LogP contribution in [0.5, 0.6) is 17.2 Å². The summed E-state index contributed by atoms with van der Waals surface area (Å²) in [6.07, 6.45) is 0.0660. The van der Waals surface area contributed by atoms with Gasteiger partial charge in [-0.05, 0) is 43.2 Å². The lowest BCUT2D eigenvalue weighted by molar-refractivity contribution is -0.128. The van der Waals surface area contributed by atoms with Crippen molar-refractivity contribution in [3.8, 4) is 17.2 Å². The minimum atomic E-state index is -0.526. The van der Waals surface area contributed by atoms with Gasteiger partial charge in [0.05, 0.1) is 6.04 Å². The number of nitrogens with one attached hydrogen (secondary N) is 1. The largest absolute Gasteiger partial charge is 0.486 e. The second kappa shape index (κ2) is 7.92. The van der Waals surface area contributed by atoms with Gasteiger partial charge in [-0.2, -0.15) is 0 Å². The van der Waals surface area contributed by atoms with Crippen molar-refractivity contribution >= 4 is 5.91 Å². The number of amides is 1. The third-order valence-electron chi connectivity index (χ3n) is 4.11. The van der Waals surface area contributed by atoms with Crippen LogP contribution in [0.25, 0.3) is 0 Å². The zero-order chi connectivity index (χ0) is 17.6. The molecule has 1 aliphatic heterocycles. The first kappa shape index (κ1) is 17.1. The van der Waals surface area contributed by atoms with Gasteiger partial charge in [0, 0.05) is 0 Å². The number of rotatable bonds is 6. The minimum absolute atomic E-state index is 0.131. The monoisotopic (exact) mass is 341 g/mol. The molecule has 5 heteroatoms. The molecule has 5 nitrogen and oxygen atoms in total. The number of ether oxygens (including phenoxy) is 3. The first-order valence-electron chi connectivity index (χ1n) is 8.59. The van der Waals surface area contributed by atoms with E-state index in [9.17, 15) is 4.79 Å². The average molecular weight is 341 g/mol. The highest BCUT2D eigenvalue weighted by atomic mass is 16.6. The fourth-order valence-electron chi connectivity index (χ4n) is 2.70. The molecule has 1 heterocycles. The third-order valence-corrected chi connectivity index (χ3v) is 4.11. The van der Waals surface area contributed by atoms with Crippen LogP contribution in [-0.4, -0.2) is 25.2 Å². The van der Waals surface area contributed by atoms with E-state index >= 15 is 0 Å². The molecule has 0 bridgehead atoms. The Morgan fingerprint density at radius 3 is 2.56 bits per heavy atom. The van der Waals surface area contributed by atoms with Gasteiger partial charge in [0.15, 0.2) is 17.6 Å². The topological polar surface area (TPSA) is 56.8 Å². The standard InChI is InChI=1S/C20H23NO4/c1-3-17(25-16-7-5-4-6-8-16)20(22)21-14(2)15-9-10-18-19(13-15)24-12-11-23-18/h4-10,13-14,17H,3,11-12H2,1-2H3,(H,21,22). The summed E-state index contributed by atoms with van der Waals surface area (Å²) in [6.45, 7) is 4.98. The van der Waals surface area contributed by atoms with Gasteiger partial charge in [0.1, 0.15) is 19.0 Å². The van der Waals surface area contributed by atoms with Crippen LogP contribution >= 0.6 is 0 Å². The summed E-state index contributed by atoms with van der Waals surface area (Å²) in [5, 5.41) is 3.01. The molecule has 0 spiro atoms. The normalized spacial score (nSPS) is 15.1. The Labute approximate surface area is 147 Å². The van der Waals surface area contributed by atoms with Gasteiger partial charge in [-0.1, -0.05) is 31.2 Å². The van der Waals surface area contributed by atoms with Gasteiger partial charge in [0.25, 0.3) is 5.91 Å². The number of carbonyl (C=O) groups is 1. The lowest BCUT2D eigenvalue weighted by Crippen LogP contribution is -2.39. The highest BCUT2D eigenvalue weighted by Crippen LogP contribution is 2.32. The molecule has 2 aromatic rings. The highest BCUT2D eigenvalue weighted by molar-refractivity contribution is 5.81. The molecule has 25 heavy (non-hydrogen) atoms. The van der Waals surface area contributed by atoms with E-state index in [1.807, 2.05) is 62.4 Å². The number of para-hydroxylation sites is 1. The van der Waals surface area contributed by atoms with Gasteiger partial charge in [0.2, 0.25) is 0 Å². The van der Waals surface area contributed by atoms with Crippen molar-refractivity contribution in [1.29, 1.82) is 0 Å². The maximum Gasteiger partial charge on any atom is 0.261 e. The van der Waals surface area contributed by atoms with E-state index in [0.717, 1.165) is 17.1 Å². The summed E-state index contributed by atoms with van der Waals surface area (Å²) in [5.41, 5.74) is 0.965. The molecule has 0 aromatic heterocycles. The molecule has 1 N–H and O–H groups in total. The fraction of sp³-hybridized carbons (Fsp3) is 0.350. The Hall–Kier alpha value is -2.69. The summed E-state index contributed by atoms with van der Waals surface area (Å²) in [7, 11) is 0. The number of benzene rings is 2. The zero-order valence-electron chi connectivity index (χ0n) is 14.5. The van der Waals surface area contributed by atoms with Gasteiger partial charge in [-0.3, -0.25) is 4.79 Å². The Balaban J connectivity index is 1.64. The summed E-state index contributed by atoms with van der Waals surface area (Å²) in [5.74, 6) is 2.02. The van der Waals surface area contributed by atoms with Crippen molar-refractivity contribution in [2.24, 2.45) is 0 Å². The van der Waals surface area contributed by atoms with Crippen LogP contribution in [0.2, 0.25) is 0 Å². The van der Waals surface area contributed by atoms with Gasteiger partial charge in [-0.25, -0.2) is 0 Å². The molecular weight excluding hydrogens is 318 g/mol. The molecule has 0 saturated carbocycles. The van der Waals surface area contributed by atoms with Crippen molar-refractivity contribution in [2.75, 3.05) is 13.2 Å². The second-order valence-electron chi connectivity index (χ2n) is 5.96. The maximum atomic E-state index is 12.6. The number of hydrogen-bond donors (Lipinski definition) is 1. The maximum absolute atomic E-state index is 12.6. The Morgan fingerprint density at radius 2 is 1.84 bits per heavy atom. The Kier molecular flexibility index (Phi) is 5.43. The van der Waals surface area contributed by atoms with E-state index in [1.54, 1.807) is 0 Å². The van der Waals surface area contributed by atoms with Crippen LogP contribution < -0.4 is 19.5 Å². The van der Waals surface area contributed by atoms with Crippen LogP contribution in [0.4, 0.5) is 0 Å². The van der Waals surface area contributed by atoms with Crippen LogP contribution in [0, 0.1) is 0 Å². The molecule has 0 fully saturated rings. The van der Waals surface area contributed by atoms with E-state index in [1.165, 1.54) is 0 Å². The van der Waals surface area contributed by atoms with Crippen LogP contribution in [0.15, 0.2) is 48.5 Å². The molecular formula is C20H23NO4. The smallest absolute Gasteiger partial charge is 0.261 e. The van der Waals surface area contributed by atoms with Crippen LogP contribution in [0.1, 0.15) is 31.9 Å². The fourth-order valence-corrected chi connectivity index (χ4v) is 2.70. The molecule has 0 aliphatic carbocycles. The van der Waals surface area contributed by atoms with Crippen molar-refractivity contribution < 1.29 is 19.0 Å². The molecule has 2 aromatic carbocycles. The average Bonchev–Trinajstić information content (AvgIpc) is 2.66. The molecule has 0 radical (unpaired) electrons. The third kappa shape index (κ3) is 4.24. The Morgan fingerprint density at radius 1 is 1.12 bits per heavy atom. The van der Waals surface area contributed by atoms with E-state index in [4.69, 9.17) is 14.2 Å². The van der Waals surface area contributed by atoms with E-state index in [-0.39, 0.29) is 11.9 Å². The predicted octanol–water partition coefficient (Wildman–Crippen LogP) is 3.49. The second-order valence-corrected chi connectivity index (χ2v) is 5.96. The predicted molar refractivity (Wildman–Crippen MR) is 95.1 cm³/mol. The van der Waals surface area contributed by atoms with E-state index in [2.05, 4.69) is 5.32 Å². The van der Waals surface area contributed by atoms with Gasteiger partial charge >= 0.3 is 0 Å². The summed E-state index contributed by atoms with van der Waals surface area (Å²) in [4.78, 5) is 12.6. The van der Waals surface area contributed by atoms with E-state index < -0.39 is 6.10 Å². The lowest BCUT2D eigenvalue weighted by atomic mass is 10.1. The number of hydrogen-bond acceptors (Lipinski definition) is 4. The number of fused-ring (bicyclic) bond motifs is 1. The molecule has 2 unspecified atom stereocenters. The minimum Gasteiger partial charge on any atom is -0.486 e. The first-order chi connectivity index (χ1) is 12.2. The van der Waals surface area contributed by atoms with Crippen molar-refractivity contribution in [1.82, 2.24) is 5.32 Å². The molecule has 132 valence electrons. The molecule has 1 amide bonds. The summed E-state index contributed by atoms with van der Waals surface area (Å²) < 4.78 is 16.9. The zero-order valence-corrected chi connectivity index (χ0v) is 14.5. The number of carbonyl (C=O) groups excluding carboxylic acids is 1. The lowest BCUT2D eigenvalue weighted by Gasteiger charge is -2.23. The van der Waals surface area contributed by atoms with Crippen molar-refractivity contribution in [3.63, 3.8) is 0 Å². The van der Waals surface area contributed by atoms with Crippen LogP contribution in [-0.2, 0) is 4.79 Å². The van der Waals surface area contributed by atoms with E-state index in [0.29, 0.717) is 25.4 Å². The quantitative estimate of drug-likeness (QED) is 0.874. The highest BCUT2D eigenvalue weighted by Gasteiger charge is 2.21. The summed E-state index contributed by atoms with van der Waals surface area (Å²) >= 11 is 0. The van der Waals surface area contributed by atoms with Gasteiger partial charge in [-0.15, -0.1) is 0 Å². The van der Waals surface area contributed by atoms with Crippen LogP contribution in [0.3, 0.4) is 0 Å². The van der Waals surface area contributed by atoms with Gasteiger partial charge < -0.3 is 19.5 Å². The molecule has 1 aliphatic rings. The molecule has 2 atom stereocenters. The molecule has 3 rings (SSSR count). The summed E-state index contributed by atoms with van der Waals surface area (Å²) in [6, 6.07) is 15.0. The molecule has 0 saturated heterocycles. The van der Waals surface area contributed by atoms with Crippen molar-refractivity contribution in [3.05, 3.63) is 54.1 Å². The first-order valence-corrected chi connectivity index (χ1v) is 8.59. The van der Waals surface area contributed by atoms with Crippen molar-refractivity contribution in [2.45, 2.75) is 32.4 Å². The Bertz CT molecular complexity index is 717. The SMILES string of the molecule is CCC(Oc1ccccc1)C(=O)NC(C)c1ccc2c(c1)OCCO2.